The number of carbonyl (C=O) groups is 1. The summed E-state index contributed by atoms with van der Waals surface area (Å²) >= 11 is 5.86. The van der Waals surface area contributed by atoms with Crippen molar-refractivity contribution in [3.63, 3.8) is 0 Å². The van der Waals surface area contributed by atoms with Gasteiger partial charge in [0.1, 0.15) is 5.82 Å². The highest BCUT2D eigenvalue weighted by molar-refractivity contribution is 6.31. The number of halogens is 1. The van der Waals surface area contributed by atoms with Crippen LogP contribution in [0.1, 0.15) is 12.2 Å². The molecule has 0 aliphatic heterocycles. The average molecular weight is 239 g/mol. The van der Waals surface area contributed by atoms with E-state index in [1.807, 2.05) is 12.1 Å². The average Bonchev–Trinajstić information content (AvgIpc) is 2.67. The normalized spacial score (nSPS) is 10.6. The molecule has 0 bridgehead atoms. The second-order valence-electron chi connectivity index (χ2n) is 3.42. The molecule has 84 valence electrons. The number of imidazole rings is 1. The van der Waals surface area contributed by atoms with Crippen LogP contribution in [0.25, 0.3) is 11.0 Å². The third-order valence-corrected chi connectivity index (χ3v) is 2.52. The van der Waals surface area contributed by atoms with E-state index in [0.717, 1.165) is 16.9 Å². The number of ether oxygens (including phenoxy) is 1. The second-order valence-corrected chi connectivity index (χ2v) is 3.86. The van der Waals surface area contributed by atoms with Crippen molar-refractivity contribution in [1.29, 1.82) is 0 Å². The summed E-state index contributed by atoms with van der Waals surface area (Å²) in [6.45, 7) is 0. The number of nitrogens with one attached hydrogen (secondary N) is 1. The zero-order valence-corrected chi connectivity index (χ0v) is 9.54. The van der Waals surface area contributed by atoms with Crippen LogP contribution in [-0.4, -0.2) is 23.0 Å². The van der Waals surface area contributed by atoms with Crippen LogP contribution < -0.4 is 0 Å². The quantitative estimate of drug-likeness (QED) is 0.835. The number of nitrogens with zero attached hydrogens (tertiary/aromatic N) is 1. The SMILES string of the molecule is COC(=O)CCc1nc2ccc(Cl)cc2[nH]1. The Morgan fingerprint density at radius 1 is 1.56 bits per heavy atom. The zero-order valence-electron chi connectivity index (χ0n) is 8.79. The topological polar surface area (TPSA) is 55.0 Å². The molecule has 0 spiro atoms. The minimum absolute atomic E-state index is 0.238. The summed E-state index contributed by atoms with van der Waals surface area (Å²) in [6, 6.07) is 5.44. The predicted molar refractivity (Wildman–Crippen MR) is 61.4 cm³/mol. The van der Waals surface area contributed by atoms with E-state index in [-0.39, 0.29) is 5.97 Å². The Balaban J connectivity index is 2.16. The summed E-state index contributed by atoms with van der Waals surface area (Å²) in [5, 5.41) is 0.663. The fraction of sp³-hybridized carbons (Fsp3) is 0.273. The van der Waals surface area contributed by atoms with E-state index in [2.05, 4.69) is 14.7 Å². The van der Waals surface area contributed by atoms with Gasteiger partial charge in [0.15, 0.2) is 0 Å². The van der Waals surface area contributed by atoms with Crippen molar-refractivity contribution < 1.29 is 9.53 Å². The van der Waals surface area contributed by atoms with E-state index in [0.29, 0.717) is 17.9 Å². The molecule has 2 aromatic rings. The molecule has 16 heavy (non-hydrogen) atoms. The molecule has 0 unspecified atom stereocenters. The summed E-state index contributed by atoms with van der Waals surface area (Å²) in [4.78, 5) is 18.4. The highest BCUT2D eigenvalue weighted by Crippen LogP contribution is 2.17. The molecule has 1 aromatic carbocycles. The number of H-pyrrole nitrogens is 1. The fourth-order valence-corrected chi connectivity index (χ4v) is 1.65. The lowest BCUT2D eigenvalue weighted by Gasteiger charge is -1.95. The maximum atomic E-state index is 11.0. The van der Waals surface area contributed by atoms with Crippen LogP contribution in [0.15, 0.2) is 18.2 Å². The van der Waals surface area contributed by atoms with Gasteiger partial charge in [0, 0.05) is 11.4 Å². The summed E-state index contributed by atoms with van der Waals surface area (Å²) in [5.41, 5.74) is 1.73. The highest BCUT2D eigenvalue weighted by atomic mass is 35.5. The van der Waals surface area contributed by atoms with E-state index in [9.17, 15) is 4.79 Å². The molecule has 0 aliphatic carbocycles. The molecule has 0 radical (unpaired) electrons. The third kappa shape index (κ3) is 2.33. The molecule has 4 nitrogen and oxygen atoms in total. The first kappa shape index (κ1) is 11.0. The minimum Gasteiger partial charge on any atom is -0.469 e. The Morgan fingerprint density at radius 2 is 2.38 bits per heavy atom. The van der Waals surface area contributed by atoms with Crippen LogP contribution in [0.2, 0.25) is 5.02 Å². The molecule has 0 saturated carbocycles. The van der Waals surface area contributed by atoms with E-state index < -0.39 is 0 Å². The van der Waals surface area contributed by atoms with Gasteiger partial charge >= 0.3 is 5.97 Å². The molecule has 5 heteroatoms. The third-order valence-electron chi connectivity index (χ3n) is 2.29. The number of fused-ring (bicyclic) bond motifs is 1. The number of hydrogen-bond donors (Lipinski definition) is 1. The molecule has 1 aromatic heterocycles. The van der Waals surface area contributed by atoms with Crippen LogP contribution >= 0.6 is 11.6 Å². The molecule has 0 amide bonds. The van der Waals surface area contributed by atoms with Gasteiger partial charge in [-0.25, -0.2) is 4.98 Å². The Morgan fingerprint density at radius 3 is 3.12 bits per heavy atom. The van der Waals surface area contributed by atoms with Crippen LogP contribution in [0.3, 0.4) is 0 Å². The Bertz CT molecular complexity index is 522. The molecule has 1 N–H and O–H groups in total. The van der Waals surface area contributed by atoms with Crippen molar-refractivity contribution in [3.05, 3.63) is 29.0 Å². The zero-order chi connectivity index (χ0) is 11.5. The molecule has 2 rings (SSSR count). The maximum absolute atomic E-state index is 11.0. The van der Waals surface area contributed by atoms with E-state index >= 15 is 0 Å². The molecular formula is C11H11ClN2O2. The van der Waals surface area contributed by atoms with Crippen molar-refractivity contribution in [2.24, 2.45) is 0 Å². The maximum Gasteiger partial charge on any atom is 0.305 e. The standard InChI is InChI=1S/C11H11ClN2O2/c1-16-11(15)5-4-10-13-8-3-2-7(12)6-9(8)14-10/h2-3,6H,4-5H2,1H3,(H,13,14). The number of benzene rings is 1. The first-order valence-corrected chi connectivity index (χ1v) is 5.28. The lowest BCUT2D eigenvalue weighted by Crippen LogP contribution is -2.02. The Hall–Kier alpha value is -1.55. The van der Waals surface area contributed by atoms with Gasteiger partial charge < -0.3 is 9.72 Å². The largest absolute Gasteiger partial charge is 0.469 e. The van der Waals surface area contributed by atoms with Gasteiger partial charge in [0.25, 0.3) is 0 Å². The van der Waals surface area contributed by atoms with Crippen LogP contribution in [0, 0.1) is 0 Å². The van der Waals surface area contributed by atoms with Gasteiger partial charge in [0.05, 0.1) is 24.6 Å². The van der Waals surface area contributed by atoms with Crippen molar-refractivity contribution in [1.82, 2.24) is 9.97 Å². The van der Waals surface area contributed by atoms with Gasteiger partial charge in [-0.05, 0) is 18.2 Å². The lowest BCUT2D eigenvalue weighted by molar-refractivity contribution is -0.140. The van der Waals surface area contributed by atoms with Gasteiger partial charge in [-0.15, -0.1) is 0 Å². The summed E-state index contributed by atoms with van der Waals surface area (Å²) in [5.74, 6) is 0.529. The number of hydrogen-bond acceptors (Lipinski definition) is 3. The van der Waals surface area contributed by atoms with Crippen LogP contribution in [0.4, 0.5) is 0 Å². The number of aromatic nitrogens is 2. The Kier molecular flexibility index (Phi) is 3.10. The monoisotopic (exact) mass is 238 g/mol. The number of methoxy groups -OCH3 is 1. The Labute approximate surface area is 97.6 Å². The number of aromatic amines is 1. The van der Waals surface area contributed by atoms with Gasteiger partial charge in [-0.2, -0.15) is 0 Å². The van der Waals surface area contributed by atoms with Gasteiger partial charge in [-0.1, -0.05) is 11.6 Å². The lowest BCUT2D eigenvalue weighted by atomic mass is 10.3. The summed E-state index contributed by atoms with van der Waals surface area (Å²) in [7, 11) is 1.38. The first-order valence-electron chi connectivity index (χ1n) is 4.90. The van der Waals surface area contributed by atoms with Crippen molar-refractivity contribution in [2.75, 3.05) is 7.11 Å². The van der Waals surface area contributed by atoms with E-state index in [1.54, 1.807) is 6.07 Å². The van der Waals surface area contributed by atoms with Crippen molar-refractivity contribution in [2.45, 2.75) is 12.8 Å². The molecule has 0 atom stereocenters. The van der Waals surface area contributed by atoms with Gasteiger partial charge in [-0.3, -0.25) is 4.79 Å². The fourth-order valence-electron chi connectivity index (χ4n) is 1.48. The van der Waals surface area contributed by atoms with E-state index in [1.165, 1.54) is 7.11 Å². The number of carbonyl (C=O) groups excluding carboxylic acids is 1. The first-order chi connectivity index (χ1) is 7.69. The van der Waals surface area contributed by atoms with Crippen molar-refractivity contribution >= 4 is 28.6 Å². The number of aryl methyl sites for hydroxylation is 1. The van der Waals surface area contributed by atoms with E-state index in [4.69, 9.17) is 11.6 Å². The molecule has 0 saturated heterocycles. The molecular weight excluding hydrogens is 228 g/mol. The summed E-state index contributed by atoms with van der Waals surface area (Å²) < 4.78 is 4.56. The second kappa shape index (κ2) is 4.53. The predicted octanol–water partition coefficient (Wildman–Crippen LogP) is 2.32. The van der Waals surface area contributed by atoms with Crippen LogP contribution in [0.5, 0.6) is 0 Å². The molecule has 0 aliphatic rings. The molecule has 0 fully saturated rings. The van der Waals surface area contributed by atoms with Gasteiger partial charge in [0.2, 0.25) is 0 Å². The molecule has 1 heterocycles. The highest BCUT2D eigenvalue weighted by Gasteiger charge is 2.06. The van der Waals surface area contributed by atoms with Crippen molar-refractivity contribution in [3.8, 4) is 0 Å². The summed E-state index contributed by atoms with van der Waals surface area (Å²) in [6.07, 6.45) is 0.864. The van der Waals surface area contributed by atoms with Crippen LogP contribution in [-0.2, 0) is 16.0 Å². The number of esters is 1. The minimum atomic E-state index is -0.238. The smallest absolute Gasteiger partial charge is 0.305 e. The number of rotatable bonds is 3.